The van der Waals surface area contributed by atoms with Crippen molar-refractivity contribution in [2.24, 2.45) is 0 Å². The van der Waals surface area contributed by atoms with E-state index in [1.807, 2.05) is 72.8 Å². The van der Waals surface area contributed by atoms with Gasteiger partial charge in [-0.2, -0.15) is 0 Å². The lowest BCUT2D eigenvalue weighted by atomic mass is 10.1. The van der Waals surface area contributed by atoms with Gasteiger partial charge in [0.25, 0.3) is 0 Å². The molecule has 3 aromatic carbocycles. The second kappa shape index (κ2) is 6.82. The van der Waals surface area contributed by atoms with E-state index in [0.717, 1.165) is 26.6 Å². The zero-order chi connectivity index (χ0) is 17.2. The molecule has 0 amide bonds. The summed E-state index contributed by atoms with van der Waals surface area (Å²) >= 11 is 3.62. The van der Waals surface area contributed by atoms with Crippen molar-refractivity contribution in [3.05, 3.63) is 100 Å². The lowest BCUT2D eigenvalue weighted by Crippen LogP contribution is -2.11. The SMILES string of the molecule is O[C@H](c1ccccc1)c1nc2ccccc2n1Cc1ccccc1Br. The second-order valence-corrected chi connectivity index (χ2v) is 6.80. The molecule has 1 atom stereocenters. The van der Waals surface area contributed by atoms with Crippen LogP contribution in [0.5, 0.6) is 0 Å². The van der Waals surface area contributed by atoms with Crippen LogP contribution in [0.4, 0.5) is 0 Å². The Labute approximate surface area is 154 Å². The summed E-state index contributed by atoms with van der Waals surface area (Å²) in [7, 11) is 0. The van der Waals surface area contributed by atoms with Crippen LogP contribution in [0.25, 0.3) is 11.0 Å². The normalized spacial score (nSPS) is 12.4. The number of hydrogen-bond donors (Lipinski definition) is 1. The van der Waals surface area contributed by atoms with Gasteiger partial charge in [-0.3, -0.25) is 0 Å². The maximum Gasteiger partial charge on any atom is 0.143 e. The monoisotopic (exact) mass is 392 g/mol. The molecule has 1 aromatic heterocycles. The Hall–Kier alpha value is -2.43. The number of para-hydroxylation sites is 2. The van der Waals surface area contributed by atoms with E-state index in [1.165, 1.54) is 0 Å². The van der Waals surface area contributed by atoms with E-state index in [9.17, 15) is 5.11 Å². The number of aromatic nitrogens is 2. The van der Waals surface area contributed by atoms with Gasteiger partial charge in [0.05, 0.1) is 17.6 Å². The summed E-state index contributed by atoms with van der Waals surface area (Å²) < 4.78 is 3.14. The molecule has 124 valence electrons. The summed E-state index contributed by atoms with van der Waals surface area (Å²) in [4.78, 5) is 4.71. The summed E-state index contributed by atoms with van der Waals surface area (Å²) in [6.07, 6.45) is -0.768. The van der Waals surface area contributed by atoms with Gasteiger partial charge < -0.3 is 9.67 Å². The summed E-state index contributed by atoms with van der Waals surface area (Å²) in [5.41, 5.74) is 3.89. The fourth-order valence-electron chi connectivity index (χ4n) is 3.05. The quantitative estimate of drug-likeness (QED) is 0.534. The molecule has 0 saturated heterocycles. The molecular weight excluding hydrogens is 376 g/mol. The average molecular weight is 393 g/mol. The number of halogens is 1. The number of imidazole rings is 1. The molecule has 4 heteroatoms. The Kier molecular flexibility index (Phi) is 4.38. The molecule has 1 heterocycles. The highest BCUT2D eigenvalue weighted by atomic mass is 79.9. The largest absolute Gasteiger partial charge is 0.380 e. The Morgan fingerprint density at radius 1 is 0.880 bits per heavy atom. The highest BCUT2D eigenvalue weighted by Gasteiger charge is 2.20. The predicted molar refractivity (Wildman–Crippen MR) is 103 cm³/mol. The molecule has 3 nitrogen and oxygen atoms in total. The minimum atomic E-state index is -0.768. The van der Waals surface area contributed by atoms with Crippen LogP contribution in [0, 0.1) is 0 Å². The van der Waals surface area contributed by atoms with Crippen LogP contribution in [-0.4, -0.2) is 14.7 Å². The van der Waals surface area contributed by atoms with Crippen molar-refractivity contribution in [3.63, 3.8) is 0 Å². The maximum absolute atomic E-state index is 10.9. The number of fused-ring (bicyclic) bond motifs is 1. The van der Waals surface area contributed by atoms with E-state index in [4.69, 9.17) is 4.98 Å². The third-order valence-corrected chi connectivity index (χ3v) is 5.10. The molecule has 0 unspecified atom stereocenters. The molecule has 0 saturated carbocycles. The van der Waals surface area contributed by atoms with Gasteiger partial charge in [0.2, 0.25) is 0 Å². The van der Waals surface area contributed by atoms with Crippen molar-refractivity contribution < 1.29 is 5.11 Å². The van der Waals surface area contributed by atoms with Crippen molar-refractivity contribution >= 4 is 27.0 Å². The molecular formula is C21H17BrN2O. The van der Waals surface area contributed by atoms with Gasteiger partial charge in [0, 0.05) is 4.47 Å². The Bertz CT molecular complexity index is 1010. The van der Waals surface area contributed by atoms with Crippen LogP contribution in [0.15, 0.2) is 83.3 Å². The Morgan fingerprint density at radius 3 is 2.36 bits per heavy atom. The molecule has 0 aliphatic carbocycles. The van der Waals surface area contributed by atoms with Crippen molar-refractivity contribution in [1.29, 1.82) is 0 Å². The number of nitrogens with zero attached hydrogens (tertiary/aromatic N) is 2. The minimum absolute atomic E-state index is 0.640. The third kappa shape index (κ3) is 3.11. The molecule has 1 N–H and O–H groups in total. The summed E-state index contributed by atoms with van der Waals surface area (Å²) in [5.74, 6) is 0.656. The Balaban J connectivity index is 1.85. The number of aliphatic hydroxyl groups excluding tert-OH is 1. The van der Waals surface area contributed by atoms with Gasteiger partial charge in [0.1, 0.15) is 11.9 Å². The summed E-state index contributed by atoms with van der Waals surface area (Å²) in [6, 6.07) is 25.8. The van der Waals surface area contributed by atoms with Crippen LogP contribution in [0.3, 0.4) is 0 Å². The van der Waals surface area contributed by atoms with Gasteiger partial charge >= 0.3 is 0 Å². The van der Waals surface area contributed by atoms with E-state index in [2.05, 4.69) is 26.6 Å². The smallest absolute Gasteiger partial charge is 0.143 e. The number of benzene rings is 3. The van der Waals surface area contributed by atoms with E-state index in [1.54, 1.807) is 0 Å². The zero-order valence-corrected chi connectivity index (χ0v) is 15.1. The van der Waals surface area contributed by atoms with E-state index < -0.39 is 6.10 Å². The number of hydrogen-bond acceptors (Lipinski definition) is 2. The zero-order valence-electron chi connectivity index (χ0n) is 13.5. The first-order chi connectivity index (χ1) is 12.2. The van der Waals surface area contributed by atoms with Crippen molar-refractivity contribution in [3.8, 4) is 0 Å². The van der Waals surface area contributed by atoms with Crippen molar-refractivity contribution in [2.45, 2.75) is 12.6 Å². The van der Waals surface area contributed by atoms with E-state index in [-0.39, 0.29) is 0 Å². The van der Waals surface area contributed by atoms with Crippen LogP contribution >= 0.6 is 15.9 Å². The molecule has 0 aliphatic heterocycles. The first kappa shape index (κ1) is 16.1. The lowest BCUT2D eigenvalue weighted by Gasteiger charge is -2.15. The molecule has 0 radical (unpaired) electrons. The standard InChI is InChI=1S/C21H17BrN2O/c22-17-11-5-4-10-16(17)14-24-19-13-7-6-12-18(19)23-21(24)20(25)15-8-2-1-3-9-15/h1-13,20,25H,14H2/t20-/m1/s1. The fraction of sp³-hybridized carbons (Fsp3) is 0.0952. The first-order valence-electron chi connectivity index (χ1n) is 8.15. The average Bonchev–Trinajstić information content (AvgIpc) is 3.02. The molecule has 4 rings (SSSR count). The summed E-state index contributed by atoms with van der Waals surface area (Å²) in [5, 5.41) is 10.9. The van der Waals surface area contributed by atoms with Gasteiger partial charge in [-0.05, 0) is 29.3 Å². The topological polar surface area (TPSA) is 38.1 Å². The molecule has 0 aliphatic rings. The highest BCUT2D eigenvalue weighted by molar-refractivity contribution is 9.10. The van der Waals surface area contributed by atoms with Gasteiger partial charge in [0.15, 0.2) is 0 Å². The second-order valence-electron chi connectivity index (χ2n) is 5.95. The molecule has 0 bridgehead atoms. The Morgan fingerprint density at radius 2 is 1.56 bits per heavy atom. The van der Waals surface area contributed by atoms with E-state index >= 15 is 0 Å². The maximum atomic E-state index is 10.9. The van der Waals surface area contributed by atoms with Gasteiger partial charge in [-0.25, -0.2) is 4.98 Å². The predicted octanol–water partition coefficient (Wildman–Crippen LogP) is 4.93. The van der Waals surface area contributed by atoms with Crippen molar-refractivity contribution in [1.82, 2.24) is 9.55 Å². The number of rotatable bonds is 4. The third-order valence-electron chi connectivity index (χ3n) is 4.33. The molecule has 0 spiro atoms. The first-order valence-corrected chi connectivity index (χ1v) is 8.95. The molecule has 25 heavy (non-hydrogen) atoms. The molecule has 4 aromatic rings. The molecule has 0 fully saturated rings. The fourth-order valence-corrected chi connectivity index (χ4v) is 3.46. The van der Waals surface area contributed by atoms with Crippen LogP contribution < -0.4 is 0 Å². The summed E-state index contributed by atoms with van der Waals surface area (Å²) in [6.45, 7) is 0.640. The number of aliphatic hydroxyl groups is 1. The minimum Gasteiger partial charge on any atom is -0.380 e. The van der Waals surface area contributed by atoms with Crippen LogP contribution in [-0.2, 0) is 6.54 Å². The van der Waals surface area contributed by atoms with Gasteiger partial charge in [-0.1, -0.05) is 76.6 Å². The highest BCUT2D eigenvalue weighted by Crippen LogP contribution is 2.28. The van der Waals surface area contributed by atoms with Crippen LogP contribution in [0.1, 0.15) is 23.1 Å². The van der Waals surface area contributed by atoms with Crippen LogP contribution in [0.2, 0.25) is 0 Å². The van der Waals surface area contributed by atoms with Gasteiger partial charge in [-0.15, -0.1) is 0 Å². The van der Waals surface area contributed by atoms with Crippen molar-refractivity contribution in [2.75, 3.05) is 0 Å². The van der Waals surface area contributed by atoms with E-state index in [0.29, 0.717) is 12.4 Å². The lowest BCUT2D eigenvalue weighted by molar-refractivity contribution is 0.206.